The SMILES string of the molecule is CCCC(=O)OC[C@H](OCC(C)COCc1ccccc1)c1cc(F)ccc1OC. The molecule has 0 N–H and O–H groups in total. The van der Waals surface area contributed by atoms with Gasteiger partial charge in [-0.3, -0.25) is 4.79 Å². The van der Waals surface area contributed by atoms with Gasteiger partial charge in [0.25, 0.3) is 0 Å². The Morgan fingerprint density at radius 2 is 1.83 bits per heavy atom. The molecule has 2 aromatic carbocycles. The van der Waals surface area contributed by atoms with Gasteiger partial charge in [-0.15, -0.1) is 0 Å². The summed E-state index contributed by atoms with van der Waals surface area (Å²) in [5, 5.41) is 0. The molecule has 0 aliphatic rings. The third-order valence-electron chi connectivity index (χ3n) is 4.48. The molecular weight excluding hydrogens is 387 g/mol. The molecule has 5 nitrogen and oxygen atoms in total. The zero-order valence-corrected chi connectivity index (χ0v) is 17.9. The Labute approximate surface area is 178 Å². The molecule has 0 aromatic heterocycles. The van der Waals surface area contributed by atoms with Gasteiger partial charge in [0.2, 0.25) is 0 Å². The molecule has 0 saturated carbocycles. The summed E-state index contributed by atoms with van der Waals surface area (Å²) in [4.78, 5) is 11.8. The normalized spacial score (nSPS) is 12.9. The predicted octanol–water partition coefficient (Wildman–Crippen LogP) is 5.09. The largest absolute Gasteiger partial charge is 0.496 e. The van der Waals surface area contributed by atoms with Crippen LogP contribution in [0.15, 0.2) is 48.5 Å². The summed E-state index contributed by atoms with van der Waals surface area (Å²) in [5.74, 6) is -0.123. The van der Waals surface area contributed by atoms with E-state index in [0.717, 1.165) is 5.56 Å². The minimum Gasteiger partial charge on any atom is -0.496 e. The highest BCUT2D eigenvalue weighted by Gasteiger charge is 2.21. The molecule has 164 valence electrons. The monoisotopic (exact) mass is 418 g/mol. The van der Waals surface area contributed by atoms with Gasteiger partial charge in [0.15, 0.2) is 0 Å². The fourth-order valence-corrected chi connectivity index (χ4v) is 2.91. The molecule has 0 aliphatic carbocycles. The number of halogens is 1. The molecule has 0 fully saturated rings. The standard InChI is InChI=1S/C24H31FO5/c1-4-8-24(26)30-17-23(21-13-20(25)11-12-22(21)27-3)29-15-18(2)14-28-16-19-9-6-5-7-10-19/h5-7,9-13,18,23H,4,8,14-17H2,1-3H3/t18?,23-/m0/s1. The average Bonchev–Trinajstić information content (AvgIpc) is 2.75. The van der Waals surface area contributed by atoms with Gasteiger partial charge in [0.05, 0.1) is 26.9 Å². The van der Waals surface area contributed by atoms with Crippen LogP contribution in [-0.4, -0.2) is 32.9 Å². The number of ether oxygens (including phenoxy) is 4. The molecule has 2 rings (SSSR count). The fraction of sp³-hybridized carbons (Fsp3) is 0.458. The first-order valence-electron chi connectivity index (χ1n) is 10.3. The molecule has 0 aliphatic heterocycles. The lowest BCUT2D eigenvalue weighted by molar-refractivity contribution is -0.148. The number of benzene rings is 2. The Balaban J connectivity index is 1.95. The van der Waals surface area contributed by atoms with Gasteiger partial charge in [-0.2, -0.15) is 0 Å². The van der Waals surface area contributed by atoms with Crippen molar-refractivity contribution in [2.75, 3.05) is 26.9 Å². The smallest absolute Gasteiger partial charge is 0.305 e. The first kappa shape index (κ1) is 23.8. The van der Waals surface area contributed by atoms with E-state index in [0.29, 0.717) is 44.0 Å². The summed E-state index contributed by atoms with van der Waals surface area (Å²) in [5.41, 5.74) is 1.62. The quantitative estimate of drug-likeness (QED) is 0.424. The molecule has 0 bridgehead atoms. The van der Waals surface area contributed by atoms with E-state index in [1.54, 1.807) is 6.07 Å². The minimum atomic E-state index is -0.631. The van der Waals surface area contributed by atoms with Crippen molar-refractivity contribution in [3.8, 4) is 5.75 Å². The molecule has 0 heterocycles. The van der Waals surface area contributed by atoms with Crippen LogP contribution in [0, 0.1) is 11.7 Å². The van der Waals surface area contributed by atoms with E-state index in [1.165, 1.54) is 19.2 Å². The van der Waals surface area contributed by atoms with Crippen LogP contribution in [0.2, 0.25) is 0 Å². The fourth-order valence-electron chi connectivity index (χ4n) is 2.91. The van der Waals surface area contributed by atoms with Gasteiger partial charge in [0.1, 0.15) is 24.3 Å². The number of rotatable bonds is 13. The van der Waals surface area contributed by atoms with E-state index in [9.17, 15) is 9.18 Å². The number of carbonyl (C=O) groups is 1. The summed E-state index contributed by atoms with van der Waals surface area (Å²) < 4.78 is 36.3. The second-order valence-corrected chi connectivity index (χ2v) is 7.25. The summed E-state index contributed by atoms with van der Waals surface area (Å²) in [7, 11) is 1.51. The number of hydrogen-bond acceptors (Lipinski definition) is 5. The van der Waals surface area contributed by atoms with Crippen molar-refractivity contribution < 1.29 is 28.1 Å². The number of esters is 1. The zero-order valence-electron chi connectivity index (χ0n) is 17.9. The first-order chi connectivity index (χ1) is 14.5. The Kier molecular flexibility index (Phi) is 10.3. The lowest BCUT2D eigenvalue weighted by atomic mass is 10.1. The predicted molar refractivity (Wildman–Crippen MR) is 113 cm³/mol. The van der Waals surface area contributed by atoms with Crippen LogP contribution >= 0.6 is 0 Å². The Hall–Kier alpha value is -2.44. The molecule has 0 spiro atoms. The van der Waals surface area contributed by atoms with E-state index in [1.807, 2.05) is 44.2 Å². The van der Waals surface area contributed by atoms with Crippen LogP contribution in [0.5, 0.6) is 5.75 Å². The van der Waals surface area contributed by atoms with Crippen LogP contribution in [0.4, 0.5) is 4.39 Å². The maximum atomic E-state index is 13.9. The highest BCUT2D eigenvalue weighted by molar-refractivity contribution is 5.69. The molecule has 6 heteroatoms. The molecule has 0 saturated heterocycles. The van der Waals surface area contributed by atoms with Crippen molar-refractivity contribution in [2.45, 2.75) is 39.4 Å². The minimum absolute atomic E-state index is 0.00373. The highest BCUT2D eigenvalue weighted by Crippen LogP contribution is 2.29. The summed E-state index contributed by atoms with van der Waals surface area (Å²) in [6.45, 7) is 5.31. The Morgan fingerprint density at radius 3 is 2.53 bits per heavy atom. The van der Waals surface area contributed by atoms with Crippen molar-refractivity contribution in [3.05, 3.63) is 65.5 Å². The van der Waals surface area contributed by atoms with Gasteiger partial charge in [0, 0.05) is 17.9 Å². The van der Waals surface area contributed by atoms with E-state index < -0.39 is 11.9 Å². The van der Waals surface area contributed by atoms with Crippen molar-refractivity contribution in [1.29, 1.82) is 0 Å². The van der Waals surface area contributed by atoms with Crippen LogP contribution in [-0.2, 0) is 25.6 Å². The molecule has 1 unspecified atom stereocenters. The molecular formula is C24H31FO5. The van der Waals surface area contributed by atoms with Gasteiger partial charge in [-0.1, -0.05) is 44.2 Å². The van der Waals surface area contributed by atoms with Crippen molar-refractivity contribution in [3.63, 3.8) is 0 Å². The van der Waals surface area contributed by atoms with Gasteiger partial charge >= 0.3 is 5.97 Å². The average molecular weight is 419 g/mol. The summed E-state index contributed by atoms with van der Waals surface area (Å²) >= 11 is 0. The number of methoxy groups -OCH3 is 1. The maximum absolute atomic E-state index is 13.9. The van der Waals surface area contributed by atoms with E-state index >= 15 is 0 Å². The van der Waals surface area contributed by atoms with Gasteiger partial charge < -0.3 is 18.9 Å². The van der Waals surface area contributed by atoms with Crippen LogP contribution < -0.4 is 4.74 Å². The maximum Gasteiger partial charge on any atom is 0.305 e. The van der Waals surface area contributed by atoms with E-state index in [2.05, 4.69) is 0 Å². The van der Waals surface area contributed by atoms with E-state index in [4.69, 9.17) is 18.9 Å². The van der Waals surface area contributed by atoms with Crippen molar-refractivity contribution in [2.24, 2.45) is 5.92 Å². The summed E-state index contributed by atoms with van der Waals surface area (Å²) in [6, 6.07) is 14.2. The Morgan fingerprint density at radius 1 is 1.07 bits per heavy atom. The van der Waals surface area contributed by atoms with Crippen LogP contribution in [0.25, 0.3) is 0 Å². The molecule has 2 atom stereocenters. The third-order valence-corrected chi connectivity index (χ3v) is 4.48. The highest BCUT2D eigenvalue weighted by atomic mass is 19.1. The number of hydrogen-bond donors (Lipinski definition) is 0. The number of carbonyl (C=O) groups excluding carboxylic acids is 1. The lowest BCUT2D eigenvalue weighted by Gasteiger charge is -2.22. The zero-order chi connectivity index (χ0) is 21.8. The second-order valence-electron chi connectivity index (χ2n) is 7.25. The van der Waals surface area contributed by atoms with Crippen LogP contribution in [0.3, 0.4) is 0 Å². The topological polar surface area (TPSA) is 54.0 Å². The first-order valence-corrected chi connectivity index (χ1v) is 10.3. The van der Waals surface area contributed by atoms with Gasteiger partial charge in [-0.05, 0) is 30.2 Å². The molecule has 30 heavy (non-hydrogen) atoms. The lowest BCUT2D eigenvalue weighted by Crippen LogP contribution is -2.20. The van der Waals surface area contributed by atoms with Crippen LogP contribution in [0.1, 0.15) is 43.9 Å². The third kappa shape index (κ3) is 8.13. The summed E-state index contributed by atoms with van der Waals surface area (Å²) in [6.07, 6.45) is 0.396. The van der Waals surface area contributed by atoms with Crippen molar-refractivity contribution in [1.82, 2.24) is 0 Å². The molecule has 0 radical (unpaired) electrons. The second kappa shape index (κ2) is 13.0. The van der Waals surface area contributed by atoms with E-state index in [-0.39, 0.29) is 18.5 Å². The Bertz CT molecular complexity index is 765. The van der Waals surface area contributed by atoms with Gasteiger partial charge in [-0.25, -0.2) is 4.39 Å². The van der Waals surface area contributed by atoms with Crippen molar-refractivity contribution >= 4 is 5.97 Å². The molecule has 0 amide bonds. The molecule has 2 aromatic rings.